The lowest BCUT2D eigenvalue weighted by atomic mass is 9.81. The zero-order valence-corrected chi connectivity index (χ0v) is 15.7. The molecule has 3 aliphatic rings. The Hall–Kier alpha value is -1.70. The van der Waals surface area contributed by atoms with E-state index in [2.05, 4.69) is 6.08 Å². The fraction of sp³-hybridized carbons (Fsp3) is 0.700. The number of carbonyl (C=O) groups excluding carboxylic acids is 1. The molecule has 3 rings (SSSR count). The minimum Gasteiger partial charge on any atom is -0.480 e. The Morgan fingerprint density at radius 3 is 2.89 bits per heavy atom. The van der Waals surface area contributed by atoms with Crippen LogP contribution in [0.4, 0.5) is 0 Å². The highest BCUT2D eigenvalue weighted by molar-refractivity contribution is 5.77. The average molecular weight is 379 g/mol. The van der Waals surface area contributed by atoms with Gasteiger partial charge in [-0.15, -0.1) is 0 Å². The van der Waals surface area contributed by atoms with E-state index in [1.807, 2.05) is 11.8 Å². The Balaban J connectivity index is 1.86. The van der Waals surface area contributed by atoms with E-state index in [1.54, 1.807) is 6.08 Å². The summed E-state index contributed by atoms with van der Waals surface area (Å²) in [5.41, 5.74) is 1.84. The number of aliphatic hydroxyl groups excluding tert-OH is 2. The molecule has 7 nitrogen and oxygen atoms in total. The van der Waals surface area contributed by atoms with Crippen molar-refractivity contribution in [3.05, 3.63) is 23.3 Å². The van der Waals surface area contributed by atoms with Crippen molar-refractivity contribution in [3.63, 3.8) is 0 Å². The van der Waals surface area contributed by atoms with Crippen molar-refractivity contribution in [2.24, 2.45) is 11.8 Å². The Labute approximate surface area is 159 Å². The molecule has 0 saturated carbocycles. The van der Waals surface area contributed by atoms with Crippen molar-refractivity contribution in [2.75, 3.05) is 19.7 Å². The summed E-state index contributed by atoms with van der Waals surface area (Å²) in [5.74, 6) is -2.27. The molecule has 2 aliphatic heterocycles. The van der Waals surface area contributed by atoms with E-state index in [9.17, 15) is 24.9 Å². The van der Waals surface area contributed by atoms with Crippen molar-refractivity contribution < 1.29 is 29.6 Å². The molecular formula is C20H29NO6. The van der Waals surface area contributed by atoms with Gasteiger partial charge in [0, 0.05) is 18.9 Å². The normalized spacial score (nSPS) is 39.1. The Morgan fingerprint density at radius 2 is 2.19 bits per heavy atom. The van der Waals surface area contributed by atoms with E-state index >= 15 is 0 Å². The maximum Gasteiger partial charge on any atom is 0.320 e. The molecule has 0 aromatic carbocycles. The molecule has 5 atom stereocenters. The molecule has 2 heterocycles. The number of carboxylic acid groups (broad SMARTS) is 1. The highest BCUT2D eigenvalue weighted by atomic mass is 16.6. The molecule has 7 heteroatoms. The van der Waals surface area contributed by atoms with Crippen molar-refractivity contribution in [2.45, 2.75) is 57.3 Å². The number of hydrogen-bond acceptors (Lipinski definition) is 6. The first-order valence-corrected chi connectivity index (χ1v) is 9.72. The van der Waals surface area contributed by atoms with Crippen LogP contribution in [0.25, 0.3) is 0 Å². The maximum atomic E-state index is 12.6. The average Bonchev–Trinajstić information content (AvgIpc) is 3.19. The molecule has 27 heavy (non-hydrogen) atoms. The van der Waals surface area contributed by atoms with Gasteiger partial charge in [0.2, 0.25) is 0 Å². The van der Waals surface area contributed by atoms with Gasteiger partial charge in [-0.2, -0.15) is 0 Å². The number of rotatable bonds is 4. The molecule has 1 aliphatic carbocycles. The largest absolute Gasteiger partial charge is 0.480 e. The predicted molar refractivity (Wildman–Crippen MR) is 97.9 cm³/mol. The second kappa shape index (κ2) is 8.54. The van der Waals surface area contributed by atoms with Gasteiger partial charge in [0.05, 0.1) is 18.6 Å². The molecule has 2 fully saturated rings. The smallest absolute Gasteiger partial charge is 0.320 e. The highest BCUT2D eigenvalue weighted by Crippen LogP contribution is 2.38. The summed E-state index contributed by atoms with van der Waals surface area (Å²) in [6.07, 6.45) is 5.74. The molecule has 0 radical (unpaired) electrons. The summed E-state index contributed by atoms with van der Waals surface area (Å²) in [5, 5.41) is 29.8. The van der Waals surface area contributed by atoms with Crippen LogP contribution in [0.15, 0.2) is 23.3 Å². The summed E-state index contributed by atoms with van der Waals surface area (Å²) in [6.45, 7) is 2.76. The van der Waals surface area contributed by atoms with Crippen molar-refractivity contribution in [1.29, 1.82) is 0 Å². The van der Waals surface area contributed by atoms with E-state index < -0.39 is 36.1 Å². The van der Waals surface area contributed by atoms with Crippen LogP contribution in [0.2, 0.25) is 0 Å². The van der Waals surface area contributed by atoms with Crippen molar-refractivity contribution >= 4 is 11.9 Å². The summed E-state index contributed by atoms with van der Waals surface area (Å²) < 4.78 is 5.62. The number of nitrogens with zero attached hydrogens (tertiary/aromatic N) is 1. The standard InChI is InChI=1S/C20H29NO6/c1-12-4-2-5-13(11-22)9-16(23)18-14(20(26)27-17(18)8-12)10-21-7-3-6-15(21)19(24)25/h4,9,14-18,22-23H,2-3,5-8,10-11H2,1H3,(H,24,25)/b12-4+,13-9-. The first-order chi connectivity index (χ1) is 12.9. The third-order valence-corrected chi connectivity index (χ3v) is 6.03. The van der Waals surface area contributed by atoms with Crippen LogP contribution in [-0.2, 0) is 14.3 Å². The number of allylic oxidation sites excluding steroid dienone is 1. The zero-order valence-electron chi connectivity index (χ0n) is 15.7. The topological polar surface area (TPSA) is 107 Å². The molecule has 5 unspecified atom stereocenters. The molecule has 150 valence electrons. The number of carboxylic acids is 1. The summed E-state index contributed by atoms with van der Waals surface area (Å²) in [4.78, 5) is 25.9. The van der Waals surface area contributed by atoms with Gasteiger partial charge in [-0.3, -0.25) is 14.5 Å². The number of aliphatic carboxylic acids is 1. The maximum absolute atomic E-state index is 12.6. The monoisotopic (exact) mass is 379 g/mol. The van der Waals surface area contributed by atoms with Crippen LogP contribution in [-0.4, -0.2) is 70.1 Å². The molecule has 0 amide bonds. The van der Waals surface area contributed by atoms with E-state index in [4.69, 9.17) is 4.74 Å². The van der Waals surface area contributed by atoms with Crippen LogP contribution in [0.1, 0.15) is 39.0 Å². The number of ether oxygens (including phenoxy) is 1. The van der Waals surface area contributed by atoms with Crippen molar-refractivity contribution in [3.8, 4) is 0 Å². The summed E-state index contributed by atoms with van der Waals surface area (Å²) >= 11 is 0. The first kappa shape index (κ1) is 20.0. The second-order valence-electron chi connectivity index (χ2n) is 7.92. The molecule has 0 aromatic heterocycles. The first-order valence-electron chi connectivity index (χ1n) is 9.72. The predicted octanol–water partition coefficient (Wildman–Crippen LogP) is 1.10. The quantitative estimate of drug-likeness (QED) is 0.496. The molecule has 0 spiro atoms. The fourth-order valence-corrected chi connectivity index (χ4v) is 4.61. The second-order valence-corrected chi connectivity index (χ2v) is 7.92. The Morgan fingerprint density at radius 1 is 1.41 bits per heavy atom. The summed E-state index contributed by atoms with van der Waals surface area (Å²) in [6, 6.07) is -0.585. The molecule has 0 aromatic rings. The number of fused-ring (bicyclic) bond motifs is 1. The SMILES string of the molecule is C/C1=C\CC/C(CO)=C/C(O)C2C(C1)OC(=O)C2CN1CCCC1C(=O)O. The van der Waals surface area contributed by atoms with Crippen molar-refractivity contribution in [1.82, 2.24) is 4.90 Å². The van der Waals surface area contributed by atoms with Crippen LogP contribution < -0.4 is 0 Å². The lowest BCUT2D eigenvalue weighted by Gasteiger charge is -2.29. The molecule has 3 N–H and O–H groups in total. The van der Waals surface area contributed by atoms with E-state index in [1.165, 1.54) is 0 Å². The van der Waals surface area contributed by atoms with Gasteiger partial charge >= 0.3 is 11.9 Å². The zero-order chi connectivity index (χ0) is 19.6. The van der Waals surface area contributed by atoms with Crippen LogP contribution >= 0.6 is 0 Å². The van der Waals surface area contributed by atoms with Crippen LogP contribution in [0.5, 0.6) is 0 Å². The minimum absolute atomic E-state index is 0.131. The van der Waals surface area contributed by atoms with Gasteiger partial charge in [-0.1, -0.05) is 17.7 Å². The fourth-order valence-electron chi connectivity index (χ4n) is 4.61. The van der Waals surface area contributed by atoms with Crippen LogP contribution in [0.3, 0.4) is 0 Å². The third-order valence-electron chi connectivity index (χ3n) is 6.03. The van der Waals surface area contributed by atoms with E-state index in [0.717, 1.165) is 24.0 Å². The number of esters is 1. The van der Waals surface area contributed by atoms with Crippen LogP contribution in [0, 0.1) is 11.8 Å². The molecule has 0 bridgehead atoms. The number of aliphatic hydroxyl groups is 2. The Kier molecular flexibility index (Phi) is 6.34. The van der Waals surface area contributed by atoms with E-state index in [-0.39, 0.29) is 19.1 Å². The number of hydrogen-bond donors (Lipinski definition) is 3. The van der Waals surface area contributed by atoms with Gasteiger partial charge in [0.1, 0.15) is 12.1 Å². The summed E-state index contributed by atoms with van der Waals surface area (Å²) in [7, 11) is 0. The third kappa shape index (κ3) is 4.42. The van der Waals surface area contributed by atoms with Gasteiger partial charge < -0.3 is 20.1 Å². The molecular weight excluding hydrogens is 350 g/mol. The minimum atomic E-state index is -0.912. The van der Waals surface area contributed by atoms with Gasteiger partial charge in [-0.05, 0) is 44.7 Å². The van der Waals surface area contributed by atoms with E-state index in [0.29, 0.717) is 25.8 Å². The molecule has 2 saturated heterocycles. The number of carbonyl (C=O) groups is 2. The van der Waals surface area contributed by atoms with Gasteiger partial charge in [0.15, 0.2) is 0 Å². The lowest BCUT2D eigenvalue weighted by molar-refractivity contribution is -0.147. The van der Waals surface area contributed by atoms with Gasteiger partial charge in [-0.25, -0.2) is 0 Å². The lowest BCUT2D eigenvalue weighted by Crippen LogP contribution is -2.43. The highest BCUT2D eigenvalue weighted by Gasteiger charge is 2.49. The number of likely N-dealkylation sites (tertiary alicyclic amines) is 1. The van der Waals surface area contributed by atoms with Gasteiger partial charge in [0.25, 0.3) is 0 Å². The Bertz CT molecular complexity index is 642.